The van der Waals surface area contributed by atoms with Crippen molar-refractivity contribution in [1.82, 2.24) is 0 Å². The van der Waals surface area contributed by atoms with E-state index in [2.05, 4.69) is 267 Å². The van der Waals surface area contributed by atoms with E-state index >= 15 is 0 Å². The van der Waals surface area contributed by atoms with Gasteiger partial charge in [0, 0.05) is 0 Å². The molecule has 0 heterocycles. The summed E-state index contributed by atoms with van der Waals surface area (Å²) in [5.74, 6) is 0. The SMILES string of the molecule is c1ccc(-c2ccc3c(-c4ccc(-c5ccc6cc(-c7c8ccccc8c(-c8ccccc8)c8ccccc78)ccc6c5)cc4)c4cc(-c5ccccc5)ccc4c(-c4ccccc4)c3c2)cc1. The van der Waals surface area contributed by atoms with Crippen molar-refractivity contribution in [1.29, 1.82) is 0 Å². The van der Waals surface area contributed by atoms with E-state index in [1.165, 1.54) is 132 Å². The largest absolute Gasteiger partial charge is 0.0622 e. The van der Waals surface area contributed by atoms with Crippen molar-refractivity contribution in [3.05, 3.63) is 267 Å². The van der Waals surface area contributed by atoms with Crippen LogP contribution in [0.15, 0.2) is 267 Å². The van der Waals surface area contributed by atoms with Crippen LogP contribution in [0.1, 0.15) is 0 Å². The third-order valence-corrected chi connectivity index (χ3v) is 14.0. The Morgan fingerprint density at radius 2 is 0.382 bits per heavy atom. The van der Waals surface area contributed by atoms with E-state index in [4.69, 9.17) is 0 Å². The highest BCUT2D eigenvalue weighted by molar-refractivity contribution is 6.23. The molecule has 0 spiro atoms. The molecule has 0 radical (unpaired) electrons. The maximum absolute atomic E-state index is 2.41. The number of hydrogen-bond acceptors (Lipinski definition) is 0. The standard InChI is InChI=1S/C68H44/c1-5-17-45(18-6-1)54-38-40-62-63(43-54)66(49-23-11-4-12-24-49)61-39-37-55(46-19-7-2-8-20-46)44-64(61)67(62)50-31-29-47(30-32-50)51-33-34-53-42-56(36-35-52(53)41-51)68-59-27-15-13-25-57(59)65(48-21-9-3-10-22-48)58-26-14-16-28-60(58)68/h1-44H. The predicted octanol–water partition coefficient (Wildman–Crippen LogP) is 19.1. The van der Waals surface area contributed by atoms with Crippen molar-refractivity contribution < 1.29 is 0 Å². The Kier molecular flexibility index (Phi) is 9.62. The van der Waals surface area contributed by atoms with Crippen LogP contribution in [0.25, 0.3) is 132 Å². The van der Waals surface area contributed by atoms with Gasteiger partial charge in [0.05, 0.1) is 0 Å². The normalized spacial score (nSPS) is 11.5. The molecule has 0 aliphatic rings. The monoisotopic (exact) mass is 860 g/mol. The lowest BCUT2D eigenvalue weighted by Gasteiger charge is -2.20. The highest BCUT2D eigenvalue weighted by Crippen LogP contribution is 2.47. The van der Waals surface area contributed by atoms with Crippen LogP contribution in [-0.2, 0) is 0 Å². The van der Waals surface area contributed by atoms with Gasteiger partial charge >= 0.3 is 0 Å². The van der Waals surface area contributed by atoms with Crippen molar-refractivity contribution in [3.63, 3.8) is 0 Å². The maximum Gasteiger partial charge on any atom is -0.00261 e. The molecule has 13 aromatic rings. The number of benzene rings is 13. The first-order chi connectivity index (χ1) is 33.7. The topological polar surface area (TPSA) is 0 Å². The summed E-state index contributed by atoms with van der Waals surface area (Å²) < 4.78 is 0. The quantitative estimate of drug-likeness (QED) is 0.140. The summed E-state index contributed by atoms with van der Waals surface area (Å²) in [6, 6.07) is 98.3. The number of fused-ring (bicyclic) bond motifs is 5. The van der Waals surface area contributed by atoms with E-state index in [9.17, 15) is 0 Å². The molecule has 0 saturated carbocycles. The van der Waals surface area contributed by atoms with Crippen LogP contribution >= 0.6 is 0 Å². The minimum atomic E-state index is 1.19. The van der Waals surface area contributed by atoms with Gasteiger partial charge in [-0.1, -0.05) is 243 Å². The van der Waals surface area contributed by atoms with Crippen molar-refractivity contribution in [2.45, 2.75) is 0 Å². The molecule has 0 atom stereocenters. The van der Waals surface area contributed by atoms with Gasteiger partial charge in [0.25, 0.3) is 0 Å². The molecule has 0 aromatic heterocycles. The van der Waals surface area contributed by atoms with Crippen molar-refractivity contribution in [2.75, 3.05) is 0 Å². The minimum absolute atomic E-state index is 1.19. The molecule has 13 rings (SSSR count). The molecular weight excluding hydrogens is 817 g/mol. The molecule has 0 aliphatic carbocycles. The second-order valence-electron chi connectivity index (χ2n) is 17.9. The van der Waals surface area contributed by atoms with Gasteiger partial charge in [-0.2, -0.15) is 0 Å². The van der Waals surface area contributed by atoms with Gasteiger partial charge in [0.15, 0.2) is 0 Å². The fourth-order valence-corrected chi connectivity index (χ4v) is 10.8. The van der Waals surface area contributed by atoms with E-state index < -0.39 is 0 Å². The molecule has 68 heavy (non-hydrogen) atoms. The van der Waals surface area contributed by atoms with Gasteiger partial charge in [0.1, 0.15) is 0 Å². The molecule has 0 bridgehead atoms. The maximum atomic E-state index is 2.41. The number of hydrogen-bond donors (Lipinski definition) is 0. The van der Waals surface area contributed by atoms with E-state index in [0.717, 1.165) is 0 Å². The van der Waals surface area contributed by atoms with Crippen LogP contribution in [0.5, 0.6) is 0 Å². The zero-order valence-electron chi connectivity index (χ0n) is 37.4. The zero-order valence-corrected chi connectivity index (χ0v) is 37.4. The smallest absolute Gasteiger partial charge is 0.00261 e. The first-order valence-electron chi connectivity index (χ1n) is 23.6. The Bertz CT molecular complexity index is 3960. The molecular formula is C68H44. The van der Waals surface area contributed by atoms with Crippen LogP contribution in [-0.4, -0.2) is 0 Å². The second kappa shape index (κ2) is 16.5. The lowest BCUT2D eigenvalue weighted by atomic mass is 9.83. The Labute approximate surface area is 396 Å². The third-order valence-electron chi connectivity index (χ3n) is 14.0. The average Bonchev–Trinajstić information content (AvgIpc) is 3.42. The summed E-state index contributed by atoms with van der Waals surface area (Å²) in [5.41, 5.74) is 17.2. The van der Waals surface area contributed by atoms with Crippen LogP contribution in [0.3, 0.4) is 0 Å². The molecule has 0 aliphatic heterocycles. The molecule has 316 valence electrons. The fraction of sp³-hybridized carbons (Fsp3) is 0. The van der Waals surface area contributed by atoms with Gasteiger partial charge in [-0.3, -0.25) is 0 Å². The molecule has 0 saturated heterocycles. The molecule has 0 nitrogen and oxygen atoms in total. The Morgan fingerprint density at radius 1 is 0.132 bits per heavy atom. The summed E-state index contributed by atoms with van der Waals surface area (Å²) in [7, 11) is 0. The summed E-state index contributed by atoms with van der Waals surface area (Å²) >= 11 is 0. The lowest BCUT2D eigenvalue weighted by molar-refractivity contribution is 1.61. The van der Waals surface area contributed by atoms with E-state index in [1.54, 1.807) is 0 Å². The number of rotatable bonds is 7. The lowest BCUT2D eigenvalue weighted by Crippen LogP contribution is -1.93. The third kappa shape index (κ3) is 6.77. The summed E-state index contributed by atoms with van der Waals surface area (Å²) in [4.78, 5) is 0. The van der Waals surface area contributed by atoms with Crippen LogP contribution in [0, 0.1) is 0 Å². The fourth-order valence-electron chi connectivity index (χ4n) is 10.8. The highest BCUT2D eigenvalue weighted by atomic mass is 14.2. The Balaban J connectivity index is 0.937. The molecule has 0 heteroatoms. The van der Waals surface area contributed by atoms with Gasteiger partial charge in [-0.25, -0.2) is 0 Å². The van der Waals surface area contributed by atoms with Gasteiger partial charge in [0.2, 0.25) is 0 Å². The van der Waals surface area contributed by atoms with E-state index in [1.807, 2.05) is 0 Å². The first-order valence-corrected chi connectivity index (χ1v) is 23.6. The van der Waals surface area contributed by atoms with Crippen molar-refractivity contribution in [2.24, 2.45) is 0 Å². The Morgan fingerprint density at radius 3 is 0.824 bits per heavy atom. The average molecular weight is 861 g/mol. The minimum Gasteiger partial charge on any atom is -0.0622 e. The zero-order chi connectivity index (χ0) is 45.0. The van der Waals surface area contributed by atoms with Gasteiger partial charge in [-0.15, -0.1) is 0 Å². The molecule has 13 aromatic carbocycles. The van der Waals surface area contributed by atoms with Crippen molar-refractivity contribution >= 4 is 53.9 Å². The van der Waals surface area contributed by atoms with Crippen molar-refractivity contribution in [3.8, 4) is 77.9 Å². The predicted molar refractivity (Wildman–Crippen MR) is 292 cm³/mol. The molecule has 0 N–H and O–H groups in total. The molecule has 0 fully saturated rings. The highest BCUT2D eigenvalue weighted by Gasteiger charge is 2.20. The molecule has 0 amide bonds. The van der Waals surface area contributed by atoms with Gasteiger partial charge in [-0.05, 0) is 156 Å². The van der Waals surface area contributed by atoms with Gasteiger partial charge < -0.3 is 0 Å². The van der Waals surface area contributed by atoms with Crippen LogP contribution in [0.2, 0.25) is 0 Å². The second-order valence-corrected chi connectivity index (χ2v) is 17.9. The summed E-state index contributed by atoms with van der Waals surface area (Å²) in [6.45, 7) is 0. The van der Waals surface area contributed by atoms with Crippen LogP contribution in [0.4, 0.5) is 0 Å². The van der Waals surface area contributed by atoms with E-state index in [-0.39, 0.29) is 0 Å². The molecule has 0 unspecified atom stereocenters. The first kappa shape index (κ1) is 39.5. The summed E-state index contributed by atoms with van der Waals surface area (Å²) in [5, 5.41) is 12.5. The van der Waals surface area contributed by atoms with Crippen LogP contribution < -0.4 is 0 Å². The summed E-state index contributed by atoms with van der Waals surface area (Å²) in [6.07, 6.45) is 0. The Hall–Kier alpha value is -8.84. The van der Waals surface area contributed by atoms with E-state index in [0.29, 0.717) is 0 Å².